The zero-order valence-electron chi connectivity index (χ0n) is 26.0. The van der Waals surface area contributed by atoms with Gasteiger partial charge in [0.1, 0.15) is 5.75 Å². The van der Waals surface area contributed by atoms with Crippen LogP contribution in [0.5, 0.6) is 5.75 Å². The van der Waals surface area contributed by atoms with Crippen LogP contribution in [0.1, 0.15) is 99.1 Å². The van der Waals surface area contributed by atoms with E-state index >= 15 is 0 Å². The molecule has 7 rings (SSSR count). The van der Waals surface area contributed by atoms with Crippen molar-refractivity contribution in [3.05, 3.63) is 148 Å². The molecule has 0 radical (unpaired) electrons. The fourth-order valence-electron chi connectivity index (χ4n) is 7.90. The number of nitrogens with one attached hydrogen (secondary N) is 1. The maximum Gasteiger partial charge on any atom is 0.266 e. The molecule has 0 saturated carbocycles. The first-order valence-corrected chi connectivity index (χ1v) is 16.3. The van der Waals surface area contributed by atoms with Crippen LogP contribution >= 0.6 is 0 Å². The summed E-state index contributed by atoms with van der Waals surface area (Å²) < 4.78 is 7.71. The van der Waals surface area contributed by atoms with E-state index in [0.29, 0.717) is 28.6 Å². The number of carbonyl (C=O) groups is 2. The van der Waals surface area contributed by atoms with E-state index in [2.05, 4.69) is 39.8 Å². The molecule has 0 spiro atoms. The Bertz CT molecular complexity index is 1780. The summed E-state index contributed by atoms with van der Waals surface area (Å²) in [4.78, 5) is 31.3. The number of ether oxygens (including phenoxy) is 1. The number of nitrogens with zero attached hydrogens (tertiary/aromatic N) is 1. The van der Waals surface area contributed by atoms with Gasteiger partial charge in [-0.05, 0) is 72.7 Å². The van der Waals surface area contributed by atoms with Crippen LogP contribution in [0.2, 0.25) is 11.6 Å². The highest BCUT2D eigenvalue weighted by Gasteiger charge is 2.44. The minimum Gasteiger partial charge on any atom is -0.497 e. The average molecular weight is 595 g/mol. The number of methoxy groups -OCH3 is 1. The highest BCUT2D eigenvalue weighted by molar-refractivity contribution is 6.61. The molecule has 2 saturated heterocycles. The molecule has 6 heteroatoms. The lowest BCUT2D eigenvalue weighted by atomic mass is 9.34. The molecule has 2 aromatic heterocycles. The van der Waals surface area contributed by atoms with E-state index in [0.717, 1.165) is 33.8 Å². The van der Waals surface area contributed by atoms with Gasteiger partial charge in [0.05, 0.1) is 24.4 Å². The Morgan fingerprint density at radius 3 is 2.02 bits per heavy atom. The van der Waals surface area contributed by atoms with E-state index in [1.165, 1.54) is 38.5 Å². The van der Waals surface area contributed by atoms with E-state index in [-0.39, 0.29) is 24.3 Å². The molecule has 2 bridgehead atoms. The van der Waals surface area contributed by atoms with E-state index in [4.69, 9.17) is 4.74 Å². The lowest BCUT2D eigenvalue weighted by Crippen LogP contribution is -2.43. The number of hydrogen-bond acceptors (Lipinski definition) is 3. The summed E-state index contributed by atoms with van der Waals surface area (Å²) in [6, 6.07) is 33.7. The molecule has 3 aromatic carbocycles. The van der Waals surface area contributed by atoms with Crippen LogP contribution in [-0.4, -0.2) is 35.0 Å². The Morgan fingerprint density at radius 1 is 0.756 bits per heavy atom. The zero-order valence-corrected chi connectivity index (χ0v) is 26.0. The van der Waals surface area contributed by atoms with Gasteiger partial charge in [-0.3, -0.25) is 9.59 Å². The average Bonchev–Trinajstić information content (AvgIpc) is 3.73. The summed E-state index contributed by atoms with van der Waals surface area (Å²) in [5, 5.41) is 0. The largest absolute Gasteiger partial charge is 0.497 e. The van der Waals surface area contributed by atoms with Gasteiger partial charge in [0.15, 0.2) is 0 Å². The minimum atomic E-state index is -0.175. The van der Waals surface area contributed by atoms with Crippen molar-refractivity contribution < 1.29 is 14.3 Å². The summed E-state index contributed by atoms with van der Waals surface area (Å²) in [5.74, 6) is 1.65. The molecular weight excluding hydrogens is 555 g/mol. The summed E-state index contributed by atoms with van der Waals surface area (Å²) in [5.41, 5.74) is 6.93. The second-order valence-electron chi connectivity index (χ2n) is 12.8. The number of carbonyl (C=O) groups excluding carboxylic acids is 2. The Labute approximate surface area is 265 Å². The number of fused-ring (bicyclic) bond motifs is 2. The van der Waals surface area contributed by atoms with Crippen molar-refractivity contribution >= 4 is 18.4 Å². The molecule has 4 heterocycles. The van der Waals surface area contributed by atoms with Gasteiger partial charge in [-0.2, -0.15) is 0 Å². The highest BCUT2D eigenvalue weighted by Crippen LogP contribution is 2.49. The number of aromatic amines is 1. The van der Waals surface area contributed by atoms with E-state index in [1.54, 1.807) is 19.2 Å². The first-order valence-electron chi connectivity index (χ1n) is 16.3. The first-order chi connectivity index (χ1) is 22.0. The normalized spacial score (nSPS) is 18.4. The number of aryl methyl sites for hydroxylation is 1. The summed E-state index contributed by atoms with van der Waals surface area (Å²) >= 11 is 0. The van der Waals surface area contributed by atoms with Crippen LogP contribution in [-0.2, 0) is 0 Å². The molecule has 1 atom stereocenters. The fraction of sp³-hybridized carbons (Fsp3) is 0.282. The van der Waals surface area contributed by atoms with Crippen LogP contribution in [0.4, 0.5) is 0 Å². The second-order valence-corrected chi connectivity index (χ2v) is 12.8. The Morgan fingerprint density at radius 2 is 1.38 bits per heavy atom. The lowest BCUT2D eigenvalue weighted by Gasteiger charge is -2.42. The van der Waals surface area contributed by atoms with Crippen molar-refractivity contribution in [3.8, 4) is 5.75 Å². The Hall–Kier alpha value is -4.58. The molecule has 0 amide bonds. The quantitative estimate of drug-likeness (QED) is 0.137. The molecule has 5 nitrogen and oxygen atoms in total. The smallest absolute Gasteiger partial charge is 0.266 e. The van der Waals surface area contributed by atoms with E-state index < -0.39 is 0 Å². The molecule has 1 unspecified atom stereocenters. The van der Waals surface area contributed by atoms with E-state index in [1.807, 2.05) is 67.6 Å². The monoisotopic (exact) mass is 594 g/mol. The number of H-pyrrole nitrogens is 1. The molecular formula is C39H39BN2O3. The second kappa shape index (κ2) is 12.4. The summed E-state index contributed by atoms with van der Waals surface area (Å²) in [7, 11) is 1.62. The van der Waals surface area contributed by atoms with Gasteiger partial charge in [0.25, 0.3) is 6.85 Å². The summed E-state index contributed by atoms with van der Waals surface area (Å²) in [6.45, 7) is 2.33. The van der Waals surface area contributed by atoms with Gasteiger partial charge >= 0.3 is 0 Å². The molecule has 45 heavy (non-hydrogen) atoms. The van der Waals surface area contributed by atoms with Gasteiger partial charge in [-0.1, -0.05) is 98.7 Å². The van der Waals surface area contributed by atoms with Gasteiger partial charge in [-0.25, -0.2) is 0 Å². The van der Waals surface area contributed by atoms with Crippen molar-refractivity contribution in [2.45, 2.75) is 63.0 Å². The third-order valence-electron chi connectivity index (χ3n) is 10.1. The molecule has 2 fully saturated rings. The standard InChI is InChI=1S/C39H39BN2O3/c1-26-14-16-29(17-15-26)39(44)36-25-24-35(42(36)40-30-10-6-11-31(40)13-7-12-30)37(27-8-4-3-5-9-27)33-22-23-34(41-33)38(43)28-18-20-32(45-2)21-19-28/h3-5,8-9,14-25,30-31,37,41H,6-7,10-13H2,1-2H3. The number of ketones is 2. The van der Waals surface area contributed by atoms with Gasteiger partial charge in [0, 0.05) is 22.5 Å². The summed E-state index contributed by atoms with van der Waals surface area (Å²) in [6.07, 6.45) is 7.34. The van der Waals surface area contributed by atoms with Crippen molar-refractivity contribution in [3.63, 3.8) is 0 Å². The highest BCUT2D eigenvalue weighted by atomic mass is 16.5. The van der Waals surface area contributed by atoms with Crippen molar-refractivity contribution in [1.82, 2.24) is 9.46 Å². The molecule has 2 aliphatic rings. The van der Waals surface area contributed by atoms with Crippen LogP contribution in [0.15, 0.2) is 103 Å². The Kier molecular flexibility index (Phi) is 8.05. The number of aromatic nitrogens is 2. The maximum absolute atomic E-state index is 14.3. The molecule has 2 aliphatic heterocycles. The minimum absolute atomic E-state index is 0.0665. The van der Waals surface area contributed by atoms with Crippen LogP contribution in [0, 0.1) is 6.92 Å². The SMILES string of the molecule is COc1ccc(C(=O)c2ccc(C(c3ccccc3)c3ccc(C(=O)c4ccc(C)cc4)n3B3C4CCCC3CCC4)[nH]2)cc1. The number of hydrogen-bond donors (Lipinski definition) is 1. The molecule has 5 aromatic rings. The Balaban J connectivity index is 1.36. The fourth-order valence-corrected chi connectivity index (χ4v) is 7.90. The molecule has 226 valence electrons. The molecule has 0 aliphatic carbocycles. The van der Waals surface area contributed by atoms with Gasteiger partial charge in [-0.15, -0.1) is 0 Å². The van der Waals surface area contributed by atoms with Gasteiger partial charge in [0.2, 0.25) is 11.6 Å². The number of benzene rings is 3. The van der Waals surface area contributed by atoms with Crippen LogP contribution < -0.4 is 4.74 Å². The molecule has 1 N–H and O–H groups in total. The first kappa shape index (κ1) is 29.2. The third kappa shape index (κ3) is 5.59. The van der Waals surface area contributed by atoms with E-state index in [9.17, 15) is 9.59 Å². The van der Waals surface area contributed by atoms with Crippen LogP contribution in [0.3, 0.4) is 0 Å². The van der Waals surface area contributed by atoms with Gasteiger partial charge < -0.3 is 14.2 Å². The topological polar surface area (TPSA) is 64.1 Å². The van der Waals surface area contributed by atoms with Crippen molar-refractivity contribution in [2.75, 3.05) is 7.11 Å². The lowest BCUT2D eigenvalue weighted by molar-refractivity contribution is 0.102. The van der Waals surface area contributed by atoms with Crippen molar-refractivity contribution in [1.29, 1.82) is 0 Å². The number of rotatable bonds is 9. The maximum atomic E-state index is 14.3. The zero-order chi connectivity index (χ0) is 30.9. The van der Waals surface area contributed by atoms with Crippen molar-refractivity contribution in [2.24, 2.45) is 0 Å². The third-order valence-corrected chi connectivity index (χ3v) is 10.1. The van der Waals surface area contributed by atoms with Crippen LogP contribution in [0.25, 0.3) is 0 Å². The predicted molar refractivity (Wildman–Crippen MR) is 180 cm³/mol. The predicted octanol–water partition coefficient (Wildman–Crippen LogP) is 8.72.